The molecule has 0 radical (unpaired) electrons. The number of unbranched alkanes of at least 4 members (excludes halogenated alkanes) is 39. The van der Waals surface area contributed by atoms with Gasteiger partial charge in [-0.05, 0) is 70.6 Å². The van der Waals surface area contributed by atoms with Gasteiger partial charge in [-0.1, -0.05) is 336 Å². The van der Waals surface area contributed by atoms with E-state index in [4.69, 9.17) is 9.47 Å². The minimum atomic E-state index is -0.783. The third-order valence-electron chi connectivity index (χ3n) is 14.7. The lowest BCUT2D eigenvalue weighted by Crippen LogP contribution is -2.28. The number of hydrogen-bond acceptors (Lipinski definition) is 5. The molecule has 0 heterocycles. The molecule has 440 valence electrons. The lowest BCUT2D eigenvalue weighted by atomic mass is 10.0. The fourth-order valence-electron chi connectivity index (χ4n) is 9.78. The lowest BCUT2D eigenvalue weighted by molar-refractivity contribution is -0.161. The van der Waals surface area contributed by atoms with Crippen molar-refractivity contribution >= 4 is 11.9 Å². The van der Waals surface area contributed by atoms with Crippen molar-refractivity contribution in [1.82, 2.24) is 0 Å². The fraction of sp³-hybridized carbons (Fsp3) is 0.775. The van der Waals surface area contributed by atoms with Crippen LogP contribution in [0.1, 0.15) is 335 Å². The molecule has 0 rings (SSSR count). The van der Waals surface area contributed by atoms with Crippen LogP contribution in [0.2, 0.25) is 0 Å². The summed E-state index contributed by atoms with van der Waals surface area (Å²) >= 11 is 0. The van der Waals surface area contributed by atoms with Crippen LogP contribution in [0.3, 0.4) is 0 Å². The van der Waals surface area contributed by atoms with Crippen LogP contribution in [0, 0.1) is 0 Å². The van der Waals surface area contributed by atoms with Crippen molar-refractivity contribution in [2.45, 2.75) is 341 Å². The molecule has 1 atom stereocenters. The fourth-order valence-corrected chi connectivity index (χ4v) is 9.78. The molecule has 0 saturated carbocycles. The zero-order valence-corrected chi connectivity index (χ0v) is 50.5. The molecular formula is C71H126O5. The number of aliphatic hydroxyl groups excluding tert-OH is 1. The summed E-state index contributed by atoms with van der Waals surface area (Å²) < 4.78 is 10.7. The maximum Gasteiger partial charge on any atom is 0.306 e. The molecule has 0 spiro atoms. The predicted octanol–water partition coefficient (Wildman–Crippen LogP) is 22.9. The minimum Gasteiger partial charge on any atom is -0.462 e. The van der Waals surface area contributed by atoms with Crippen LogP contribution in [0.15, 0.2) is 85.1 Å². The highest BCUT2D eigenvalue weighted by atomic mass is 16.6. The third-order valence-corrected chi connectivity index (χ3v) is 14.7. The van der Waals surface area contributed by atoms with Gasteiger partial charge in [0.05, 0.1) is 6.61 Å². The van der Waals surface area contributed by atoms with Crippen LogP contribution in [0.25, 0.3) is 0 Å². The molecule has 1 unspecified atom stereocenters. The van der Waals surface area contributed by atoms with E-state index in [1.165, 1.54) is 218 Å². The molecule has 1 N–H and O–H groups in total. The van der Waals surface area contributed by atoms with Crippen LogP contribution in [-0.2, 0) is 19.1 Å². The Morgan fingerprint density at radius 2 is 0.566 bits per heavy atom. The largest absolute Gasteiger partial charge is 0.462 e. The Hall–Kier alpha value is -2.92. The van der Waals surface area contributed by atoms with Crippen molar-refractivity contribution < 1.29 is 24.2 Å². The Bertz CT molecular complexity index is 1380. The highest BCUT2D eigenvalue weighted by Gasteiger charge is 2.16. The summed E-state index contributed by atoms with van der Waals surface area (Å²) in [5, 5.41) is 9.69. The average molecular weight is 1060 g/mol. The van der Waals surface area contributed by atoms with Gasteiger partial charge in [-0.3, -0.25) is 9.59 Å². The molecule has 0 fully saturated rings. The molecule has 0 bridgehead atoms. The van der Waals surface area contributed by atoms with Crippen molar-refractivity contribution in [1.29, 1.82) is 0 Å². The standard InChI is InChI=1S/C71H126O5/c1-3-5-7-9-11-13-15-17-19-21-23-25-27-29-31-33-34-35-36-38-39-41-43-45-47-49-51-53-55-57-59-61-63-65-70(73)75-68-69(67-72)76-71(74)66-64-62-60-58-56-54-52-50-48-46-44-42-40-37-32-30-28-26-24-22-20-18-16-14-12-10-8-6-4-2/h6,8,12,14,18,20,24,26,30,32,40,42,46,48,69,72H,3-5,7,9-11,13,15-17,19,21-23,25,27-29,31,33-39,41,43-45,47,49-68H2,1-2H3/b8-6-,14-12-,20-18-,26-24-,32-30-,42-40-,48-46-. The van der Waals surface area contributed by atoms with Gasteiger partial charge in [-0.25, -0.2) is 0 Å². The predicted molar refractivity (Wildman–Crippen MR) is 334 cm³/mol. The van der Waals surface area contributed by atoms with E-state index in [1.54, 1.807) is 0 Å². The quantitative estimate of drug-likeness (QED) is 0.0373. The molecule has 5 nitrogen and oxygen atoms in total. The van der Waals surface area contributed by atoms with Crippen LogP contribution in [0.4, 0.5) is 0 Å². The van der Waals surface area contributed by atoms with E-state index >= 15 is 0 Å². The summed E-state index contributed by atoms with van der Waals surface area (Å²) in [6, 6.07) is 0. The van der Waals surface area contributed by atoms with Crippen LogP contribution in [0.5, 0.6) is 0 Å². The number of ether oxygens (including phenoxy) is 2. The Kier molecular flexibility index (Phi) is 63.8. The van der Waals surface area contributed by atoms with Crippen molar-refractivity contribution in [3.8, 4) is 0 Å². The monoisotopic (exact) mass is 1060 g/mol. The molecule has 0 aromatic heterocycles. The van der Waals surface area contributed by atoms with Gasteiger partial charge < -0.3 is 14.6 Å². The molecule has 0 aromatic rings. The van der Waals surface area contributed by atoms with Crippen molar-refractivity contribution in [3.63, 3.8) is 0 Å². The maximum atomic E-state index is 12.3. The van der Waals surface area contributed by atoms with Gasteiger partial charge in [-0.15, -0.1) is 0 Å². The molecular weight excluding hydrogens is 933 g/mol. The molecule has 0 aliphatic carbocycles. The van der Waals surface area contributed by atoms with E-state index in [-0.39, 0.29) is 25.2 Å². The van der Waals surface area contributed by atoms with Gasteiger partial charge in [0.1, 0.15) is 6.61 Å². The Morgan fingerprint density at radius 1 is 0.316 bits per heavy atom. The topological polar surface area (TPSA) is 72.8 Å². The zero-order chi connectivity index (χ0) is 54.8. The molecule has 5 heteroatoms. The molecule has 0 aliphatic rings. The van der Waals surface area contributed by atoms with Gasteiger partial charge in [0.25, 0.3) is 0 Å². The highest BCUT2D eigenvalue weighted by Crippen LogP contribution is 2.18. The van der Waals surface area contributed by atoms with Crippen LogP contribution in [-0.4, -0.2) is 36.4 Å². The summed E-state index contributed by atoms with van der Waals surface area (Å²) in [7, 11) is 0. The van der Waals surface area contributed by atoms with E-state index in [9.17, 15) is 14.7 Å². The number of rotatable bonds is 61. The summed E-state index contributed by atoms with van der Waals surface area (Å²) in [4.78, 5) is 24.6. The minimum absolute atomic E-state index is 0.0710. The molecule has 0 aromatic carbocycles. The highest BCUT2D eigenvalue weighted by molar-refractivity contribution is 5.70. The van der Waals surface area contributed by atoms with Gasteiger partial charge in [0.2, 0.25) is 0 Å². The number of aliphatic hydroxyl groups is 1. The summed E-state index contributed by atoms with van der Waals surface area (Å²) in [5.74, 6) is -0.593. The Labute approximate surface area is 473 Å². The molecule has 0 amide bonds. The van der Waals surface area contributed by atoms with Crippen molar-refractivity contribution in [2.75, 3.05) is 13.2 Å². The first-order chi connectivity index (χ1) is 37.6. The van der Waals surface area contributed by atoms with E-state index < -0.39 is 6.10 Å². The molecule has 76 heavy (non-hydrogen) atoms. The van der Waals surface area contributed by atoms with Gasteiger partial charge >= 0.3 is 11.9 Å². The summed E-state index contributed by atoms with van der Waals surface area (Å²) in [6.45, 7) is 4.06. The first kappa shape index (κ1) is 73.1. The van der Waals surface area contributed by atoms with Gasteiger partial charge in [-0.2, -0.15) is 0 Å². The van der Waals surface area contributed by atoms with E-state index in [1.807, 2.05) is 0 Å². The first-order valence-corrected chi connectivity index (χ1v) is 33.1. The number of esters is 2. The number of carbonyl (C=O) groups excluding carboxylic acids is 2. The smallest absolute Gasteiger partial charge is 0.306 e. The first-order valence-electron chi connectivity index (χ1n) is 33.1. The number of carbonyl (C=O) groups is 2. The van der Waals surface area contributed by atoms with E-state index in [0.29, 0.717) is 12.8 Å². The van der Waals surface area contributed by atoms with Crippen molar-refractivity contribution in [2.24, 2.45) is 0 Å². The Morgan fingerprint density at radius 3 is 0.855 bits per heavy atom. The number of hydrogen-bond donors (Lipinski definition) is 1. The maximum absolute atomic E-state index is 12.3. The summed E-state index contributed by atoms with van der Waals surface area (Å²) in [6.07, 6.45) is 93.2. The van der Waals surface area contributed by atoms with Gasteiger partial charge in [0, 0.05) is 12.8 Å². The SMILES string of the molecule is CC/C=C\C/C=C\C/C=C\C/C=C\C/C=C\C/C=C\C/C=C\CCCCCCCCCC(=O)OC(CO)COC(=O)CCCCCCCCCCCCCCCCCCCCCCCCCCCCCCCCCCC. The van der Waals surface area contributed by atoms with Crippen LogP contribution >= 0.6 is 0 Å². The third kappa shape index (κ3) is 63.6. The van der Waals surface area contributed by atoms with Gasteiger partial charge in [0.15, 0.2) is 6.10 Å². The average Bonchev–Trinajstić information content (AvgIpc) is 3.42. The molecule has 0 saturated heterocycles. The Balaban J connectivity index is 3.47. The zero-order valence-electron chi connectivity index (χ0n) is 50.5. The second-order valence-electron chi connectivity index (χ2n) is 22.2. The molecule has 0 aliphatic heterocycles. The number of allylic oxidation sites excluding steroid dienone is 14. The van der Waals surface area contributed by atoms with E-state index in [2.05, 4.69) is 98.9 Å². The van der Waals surface area contributed by atoms with E-state index in [0.717, 1.165) is 89.9 Å². The normalized spacial score (nSPS) is 12.7. The van der Waals surface area contributed by atoms with Crippen molar-refractivity contribution in [3.05, 3.63) is 85.1 Å². The van der Waals surface area contributed by atoms with Crippen LogP contribution < -0.4 is 0 Å². The second kappa shape index (κ2) is 66.4. The second-order valence-corrected chi connectivity index (χ2v) is 22.2. The lowest BCUT2D eigenvalue weighted by Gasteiger charge is -2.15. The summed E-state index contributed by atoms with van der Waals surface area (Å²) in [5.41, 5.74) is 0.